The van der Waals surface area contributed by atoms with Crippen LogP contribution in [0.5, 0.6) is 0 Å². The first-order valence-electron chi connectivity index (χ1n) is 3.78. The fourth-order valence-corrected chi connectivity index (χ4v) is 0.909. The van der Waals surface area contributed by atoms with Gasteiger partial charge in [-0.1, -0.05) is 11.6 Å². The molecule has 0 bridgehead atoms. The molecular weight excluding hydrogens is 172 g/mol. The Hall–Kier alpha value is -0.955. The van der Waals surface area contributed by atoms with E-state index in [9.17, 15) is 4.79 Å². The summed E-state index contributed by atoms with van der Waals surface area (Å²) in [4.78, 5) is 10.9. The number of hydrogen-bond donors (Lipinski definition) is 1. The number of hydrogen-bond acceptors (Lipinski definition) is 1. The number of nitrogens with one attached hydrogen (secondary N) is 1. The van der Waals surface area contributed by atoms with E-state index in [1.807, 2.05) is 7.85 Å². The average Bonchev–Trinajstić information content (AvgIpc) is 2.09. The van der Waals surface area contributed by atoms with Crippen LogP contribution in [0.3, 0.4) is 0 Å². The summed E-state index contributed by atoms with van der Waals surface area (Å²) >= 11 is 5.67. The zero-order valence-electron chi connectivity index (χ0n) is 6.80. The lowest BCUT2D eigenvalue weighted by molar-refractivity contribution is -0.114. The van der Waals surface area contributed by atoms with Crippen molar-refractivity contribution in [1.29, 1.82) is 0 Å². The van der Waals surface area contributed by atoms with Gasteiger partial charge in [0, 0.05) is 10.7 Å². The van der Waals surface area contributed by atoms with Gasteiger partial charge < -0.3 is 5.32 Å². The lowest BCUT2D eigenvalue weighted by Crippen LogP contribution is -2.09. The number of amides is 1. The minimum atomic E-state index is 0.0114. The molecule has 0 saturated heterocycles. The zero-order valence-corrected chi connectivity index (χ0v) is 7.56. The van der Waals surface area contributed by atoms with Gasteiger partial charge in [-0.05, 0) is 30.6 Å². The highest BCUT2D eigenvalue weighted by Gasteiger charge is 1.97. The van der Waals surface area contributed by atoms with Crippen LogP contribution in [-0.4, -0.2) is 13.8 Å². The Morgan fingerprint density at radius 1 is 1.42 bits per heavy atom. The highest BCUT2D eigenvalue weighted by Crippen LogP contribution is 2.13. The van der Waals surface area contributed by atoms with E-state index < -0.39 is 0 Å². The molecular formula is C8H9BClNO. The second-order valence-corrected chi connectivity index (χ2v) is 2.85. The monoisotopic (exact) mass is 181 g/mol. The first-order valence-corrected chi connectivity index (χ1v) is 4.15. The van der Waals surface area contributed by atoms with Gasteiger partial charge in [-0.3, -0.25) is 4.79 Å². The van der Waals surface area contributed by atoms with Gasteiger partial charge in [0.15, 0.2) is 0 Å². The van der Waals surface area contributed by atoms with Crippen molar-refractivity contribution in [1.82, 2.24) is 0 Å². The Labute approximate surface area is 77.3 Å². The third-order valence-corrected chi connectivity index (χ3v) is 1.70. The molecule has 12 heavy (non-hydrogen) atoms. The summed E-state index contributed by atoms with van der Waals surface area (Å²) in [7, 11) is 1.81. The maximum absolute atomic E-state index is 10.9. The predicted molar refractivity (Wildman–Crippen MR) is 53.4 cm³/mol. The van der Waals surface area contributed by atoms with Crippen LogP contribution in [0.25, 0.3) is 0 Å². The number of anilines is 1. The molecule has 0 spiro atoms. The second-order valence-electron chi connectivity index (χ2n) is 2.41. The summed E-state index contributed by atoms with van der Waals surface area (Å²) in [6.45, 7) is 0. The van der Waals surface area contributed by atoms with Crippen molar-refractivity contribution in [2.75, 3.05) is 5.32 Å². The van der Waals surface area contributed by atoms with Crippen molar-refractivity contribution in [3.05, 3.63) is 29.3 Å². The lowest BCUT2D eigenvalue weighted by atomic mass is 10.1. The van der Waals surface area contributed by atoms with Gasteiger partial charge in [0.1, 0.15) is 7.85 Å². The average molecular weight is 181 g/mol. The van der Waals surface area contributed by atoms with E-state index in [4.69, 9.17) is 11.6 Å². The van der Waals surface area contributed by atoms with Gasteiger partial charge in [-0.25, -0.2) is 0 Å². The van der Waals surface area contributed by atoms with Crippen LogP contribution in [0.2, 0.25) is 11.3 Å². The number of halogens is 1. The van der Waals surface area contributed by atoms with E-state index in [0.717, 1.165) is 5.69 Å². The molecule has 2 nitrogen and oxygen atoms in total. The van der Waals surface area contributed by atoms with E-state index in [1.54, 1.807) is 24.3 Å². The standard InChI is InChI=1S/C8H9BClNO/c9-5-8(12)11-7-3-1-6(10)2-4-7/h1-4H,5,9H2,(H,11,12). The van der Waals surface area contributed by atoms with Crippen LogP contribution in [-0.2, 0) is 4.79 Å². The van der Waals surface area contributed by atoms with Gasteiger partial charge in [0.25, 0.3) is 0 Å². The predicted octanol–water partition coefficient (Wildman–Crippen LogP) is 1.33. The summed E-state index contributed by atoms with van der Waals surface area (Å²) in [5.41, 5.74) is 0.784. The van der Waals surface area contributed by atoms with E-state index in [1.165, 1.54) is 0 Å². The van der Waals surface area contributed by atoms with Crippen molar-refractivity contribution in [3.8, 4) is 0 Å². The molecule has 0 aliphatic heterocycles. The van der Waals surface area contributed by atoms with E-state index in [2.05, 4.69) is 5.32 Å². The summed E-state index contributed by atoms with van der Waals surface area (Å²) in [5.74, 6) is 0.0114. The van der Waals surface area contributed by atoms with Crippen molar-refractivity contribution in [2.45, 2.75) is 6.32 Å². The Bertz CT molecular complexity index is 273. The minimum Gasteiger partial charge on any atom is -0.327 e. The third kappa shape index (κ3) is 2.59. The van der Waals surface area contributed by atoms with Crippen molar-refractivity contribution < 1.29 is 4.79 Å². The van der Waals surface area contributed by atoms with Gasteiger partial charge in [-0.15, -0.1) is 0 Å². The molecule has 0 aliphatic carbocycles. The molecule has 4 heteroatoms. The summed E-state index contributed by atoms with van der Waals surface area (Å²) in [6.07, 6.45) is 0.489. The molecule has 1 aromatic carbocycles. The van der Waals surface area contributed by atoms with E-state index >= 15 is 0 Å². The number of benzene rings is 1. The van der Waals surface area contributed by atoms with Crippen LogP contribution < -0.4 is 5.32 Å². The Kier molecular flexibility index (Phi) is 3.17. The first-order chi connectivity index (χ1) is 5.72. The number of rotatable bonds is 2. The fraction of sp³-hybridized carbons (Fsp3) is 0.125. The molecule has 0 aliphatic rings. The van der Waals surface area contributed by atoms with Gasteiger partial charge >= 0.3 is 0 Å². The maximum atomic E-state index is 10.9. The molecule has 0 heterocycles. The maximum Gasteiger partial charge on any atom is 0.216 e. The van der Waals surface area contributed by atoms with Crippen LogP contribution in [0.1, 0.15) is 0 Å². The Morgan fingerprint density at radius 3 is 2.50 bits per heavy atom. The van der Waals surface area contributed by atoms with E-state index in [-0.39, 0.29) is 5.91 Å². The molecule has 1 aromatic rings. The Balaban J connectivity index is 2.64. The van der Waals surface area contributed by atoms with Crippen LogP contribution in [0.15, 0.2) is 24.3 Å². The molecule has 0 unspecified atom stereocenters. The SMILES string of the molecule is BCC(=O)Nc1ccc(Cl)cc1. The smallest absolute Gasteiger partial charge is 0.216 e. The van der Waals surface area contributed by atoms with Crippen molar-refractivity contribution >= 4 is 31.0 Å². The summed E-state index contributed by atoms with van der Waals surface area (Å²) < 4.78 is 0. The minimum absolute atomic E-state index is 0.0114. The highest BCUT2D eigenvalue weighted by atomic mass is 35.5. The number of carbonyl (C=O) groups excluding carboxylic acids is 1. The molecule has 0 fully saturated rings. The highest BCUT2D eigenvalue weighted by molar-refractivity contribution is 6.30. The summed E-state index contributed by atoms with van der Waals surface area (Å²) in [5, 5.41) is 3.39. The zero-order chi connectivity index (χ0) is 8.97. The third-order valence-electron chi connectivity index (χ3n) is 1.45. The van der Waals surface area contributed by atoms with Crippen molar-refractivity contribution in [3.63, 3.8) is 0 Å². The molecule has 0 saturated carbocycles. The van der Waals surface area contributed by atoms with Crippen molar-refractivity contribution in [2.24, 2.45) is 0 Å². The molecule has 1 rings (SSSR count). The van der Waals surface area contributed by atoms with Gasteiger partial charge in [0.05, 0.1) is 0 Å². The Morgan fingerprint density at radius 2 is 2.00 bits per heavy atom. The molecule has 0 aromatic heterocycles. The molecule has 62 valence electrons. The molecule has 0 atom stereocenters. The topological polar surface area (TPSA) is 29.1 Å². The molecule has 0 radical (unpaired) electrons. The van der Waals surface area contributed by atoms with Gasteiger partial charge in [0.2, 0.25) is 5.91 Å². The normalized spacial score (nSPS) is 9.42. The van der Waals surface area contributed by atoms with Crippen LogP contribution >= 0.6 is 11.6 Å². The molecule has 1 N–H and O–H groups in total. The lowest BCUT2D eigenvalue weighted by Gasteiger charge is -2.01. The molecule has 1 amide bonds. The summed E-state index contributed by atoms with van der Waals surface area (Å²) in [6, 6.07) is 7.03. The quantitative estimate of drug-likeness (QED) is 0.685. The van der Waals surface area contributed by atoms with Crippen LogP contribution in [0, 0.1) is 0 Å². The second kappa shape index (κ2) is 4.17. The first kappa shape index (κ1) is 9.14. The largest absolute Gasteiger partial charge is 0.327 e. The van der Waals surface area contributed by atoms with E-state index in [0.29, 0.717) is 11.3 Å². The van der Waals surface area contributed by atoms with Gasteiger partial charge in [-0.2, -0.15) is 0 Å². The van der Waals surface area contributed by atoms with Crippen LogP contribution in [0.4, 0.5) is 5.69 Å². The fourth-order valence-electron chi connectivity index (χ4n) is 0.783. The number of carbonyl (C=O) groups is 1.